The number of phenolic OH excluding ortho intramolecular Hbond substituents is 1. The minimum absolute atomic E-state index is 0.149. The van der Waals surface area contributed by atoms with Crippen LogP contribution in [0.3, 0.4) is 0 Å². The summed E-state index contributed by atoms with van der Waals surface area (Å²) in [5.41, 5.74) is 3.33. The van der Waals surface area contributed by atoms with Crippen LogP contribution in [0.15, 0.2) is 54.7 Å². The summed E-state index contributed by atoms with van der Waals surface area (Å²) in [7, 11) is 1.59. The zero-order chi connectivity index (χ0) is 17.4. The molecule has 2 aromatic carbocycles. The van der Waals surface area contributed by atoms with Crippen molar-refractivity contribution in [3.63, 3.8) is 0 Å². The molecule has 0 spiro atoms. The van der Waals surface area contributed by atoms with Gasteiger partial charge in [-0.1, -0.05) is 30.3 Å². The predicted molar refractivity (Wildman–Crippen MR) is 95.9 cm³/mol. The Balaban J connectivity index is 2.01. The molecule has 0 aliphatic rings. The number of carbonyl (C=O) groups excluding carboxylic acids is 1. The molecular weight excluding hydrogens is 316 g/mol. The number of nitrogens with zero attached hydrogens (tertiary/aromatic N) is 1. The van der Waals surface area contributed by atoms with Crippen LogP contribution in [0.25, 0.3) is 21.8 Å². The zero-order valence-corrected chi connectivity index (χ0v) is 13.6. The average molecular weight is 332 g/mol. The number of phenols is 1. The molecule has 2 N–H and O–H groups in total. The quantitative estimate of drug-likeness (QED) is 0.557. The largest absolute Gasteiger partial charge is 0.508 e. The number of carbonyl (C=O) groups is 1. The highest BCUT2D eigenvalue weighted by Crippen LogP contribution is 2.32. The number of hydrogen-bond donors (Lipinski definition) is 2. The third kappa shape index (κ3) is 2.55. The Bertz CT molecular complexity index is 1080. The highest BCUT2D eigenvalue weighted by molar-refractivity contribution is 6.15. The summed E-state index contributed by atoms with van der Waals surface area (Å²) < 4.78 is 5.34. The fraction of sp³-hybridized carbons (Fsp3) is 0.100. The first kappa shape index (κ1) is 15.4. The van der Waals surface area contributed by atoms with E-state index in [1.807, 2.05) is 18.2 Å². The number of nitrogens with one attached hydrogen (secondary N) is 1. The van der Waals surface area contributed by atoms with Gasteiger partial charge >= 0.3 is 0 Å². The molecule has 4 rings (SSSR count). The highest BCUT2D eigenvalue weighted by Gasteiger charge is 2.20. The lowest BCUT2D eigenvalue weighted by Gasteiger charge is -2.09. The highest BCUT2D eigenvalue weighted by atomic mass is 16.5. The van der Waals surface area contributed by atoms with E-state index in [1.54, 1.807) is 43.6 Å². The van der Waals surface area contributed by atoms with Crippen molar-refractivity contribution in [2.75, 3.05) is 7.11 Å². The molecule has 0 fully saturated rings. The summed E-state index contributed by atoms with van der Waals surface area (Å²) in [6.45, 7) is 0.251. The van der Waals surface area contributed by atoms with Crippen LogP contribution >= 0.6 is 0 Å². The lowest BCUT2D eigenvalue weighted by atomic mass is 10.00. The summed E-state index contributed by atoms with van der Waals surface area (Å²) >= 11 is 0. The Morgan fingerprint density at radius 3 is 2.72 bits per heavy atom. The maximum absolute atomic E-state index is 12.9. The van der Waals surface area contributed by atoms with Gasteiger partial charge in [0.1, 0.15) is 11.4 Å². The number of ketones is 1. The van der Waals surface area contributed by atoms with Crippen molar-refractivity contribution in [3.05, 3.63) is 71.5 Å². The molecule has 0 unspecified atom stereocenters. The van der Waals surface area contributed by atoms with Gasteiger partial charge in [-0.2, -0.15) is 0 Å². The van der Waals surface area contributed by atoms with E-state index in [4.69, 9.17) is 4.74 Å². The maximum atomic E-state index is 12.9. The lowest BCUT2D eigenvalue weighted by Crippen LogP contribution is -2.09. The van der Waals surface area contributed by atoms with Crippen LogP contribution in [0.5, 0.6) is 5.75 Å². The first-order valence-corrected chi connectivity index (χ1v) is 7.90. The number of aromatic amines is 1. The van der Waals surface area contributed by atoms with Crippen LogP contribution in [0, 0.1) is 0 Å². The number of H-pyrrole nitrogens is 1. The van der Waals surface area contributed by atoms with Gasteiger partial charge in [-0.25, -0.2) is 0 Å². The molecule has 0 amide bonds. The third-order valence-electron chi connectivity index (χ3n) is 4.26. The molecule has 5 heteroatoms. The fourth-order valence-electron chi connectivity index (χ4n) is 3.15. The number of benzene rings is 2. The Morgan fingerprint density at radius 2 is 1.96 bits per heavy atom. The van der Waals surface area contributed by atoms with Crippen molar-refractivity contribution in [3.8, 4) is 5.75 Å². The number of hydrogen-bond acceptors (Lipinski definition) is 4. The topological polar surface area (TPSA) is 75.2 Å². The second-order valence-corrected chi connectivity index (χ2v) is 5.86. The molecule has 4 aromatic rings. The summed E-state index contributed by atoms with van der Waals surface area (Å²) in [4.78, 5) is 20.6. The van der Waals surface area contributed by atoms with E-state index in [-0.39, 0.29) is 18.1 Å². The molecule has 124 valence electrons. The van der Waals surface area contributed by atoms with Crippen molar-refractivity contribution < 1.29 is 14.6 Å². The summed E-state index contributed by atoms with van der Waals surface area (Å²) in [5, 5.41) is 11.5. The fourth-order valence-corrected chi connectivity index (χ4v) is 3.15. The molecule has 0 saturated heterocycles. The van der Waals surface area contributed by atoms with Gasteiger partial charge in [0.15, 0.2) is 0 Å². The van der Waals surface area contributed by atoms with Gasteiger partial charge in [0.05, 0.1) is 18.3 Å². The van der Waals surface area contributed by atoms with E-state index in [0.717, 1.165) is 21.8 Å². The van der Waals surface area contributed by atoms with E-state index < -0.39 is 0 Å². The monoisotopic (exact) mass is 332 g/mol. The Morgan fingerprint density at radius 1 is 1.16 bits per heavy atom. The number of ether oxygens (including phenoxy) is 1. The summed E-state index contributed by atoms with van der Waals surface area (Å²) in [5.74, 6) is 0.0218. The van der Waals surface area contributed by atoms with Crippen LogP contribution in [-0.4, -0.2) is 28.0 Å². The molecular formula is C20H16N2O3. The molecule has 0 aliphatic carbocycles. The number of pyridine rings is 1. The average Bonchev–Trinajstić information content (AvgIpc) is 3.00. The van der Waals surface area contributed by atoms with Gasteiger partial charge in [-0.15, -0.1) is 0 Å². The third-order valence-corrected chi connectivity index (χ3v) is 4.26. The minimum atomic E-state index is -0.149. The molecule has 5 nitrogen and oxygen atoms in total. The maximum Gasteiger partial charge on any atom is 0.211 e. The van der Waals surface area contributed by atoms with Crippen LogP contribution in [-0.2, 0) is 11.3 Å². The van der Waals surface area contributed by atoms with Gasteiger partial charge in [-0.3, -0.25) is 9.78 Å². The van der Waals surface area contributed by atoms with Crippen LogP contribution < -0.4 is 0 Å². The SMILES string of the molecule is COCc1c(C(=O)c2ccccc2)ncc2[nH]c3ccc(O)cc3c12. The molecule has 2 heterocycles. The first-order valence-electron chi connectivity index (χ1n) is 7.90. The number of aromatic hydroxyl groups is 1. The van der Waals surface area contributed by atoms with E-state index in [1.165, 1.54) is 0 Å². The predicted octanol–water partition coefficient (Wildman–Crippen LogP) is 3.80. The zero-order valence-electron chi connectivity index (χ0n) is 13.6. The van der Waals surface area contributed by atoms with Crippen molar-refractivity contribution in [2.45, 2.75) is 6.61 Å². The van der Waals surface area contributed by atoms with Gasteiger partial charge in [0.25, 0.3) is 0 Å². The van der Waals surface area contributed by atoms with Gasteiger partial charge in [-0.05, 0) is 18.2 Å². The Kier molecular flexibility index (Phi) is 3.71. The molecule has 0 bridgehead atoms. The van der Waals surface area contributed by atoms with E-state index >= 15 is 0 Å². The van der Waals surface area contributed by atoms with E-state index in [0.29, 0.717) is 16.8 Å². The van der Waals surface area contributed by atoms with Crippen molar-refractivity contribution in [1.82, 2.24) is 9.97 Å². The molecule has 0 saturated carbocycles. The number of methoxy groups -OCH3 is 1. The first-order chi connectivity index (χ1) is 12.2. The standard InChI is InChI=1S/C20H16N2O3/c1-25-11-15-18-14-9-13(23)7-8-16(14)22-17(18)10-21-19(15)20(24)12-5-3-2-4-6-12/h2-10,22-23H,11H2,1H3. The van der Waals surface area contributed by atoms with Gasteiger partial charge in [0.2, 0.25) is 5.78 Å². The molecule has 0 radical (unpaired) electrons. The van der Waals surface area contributed by atoms with E-state index in [2.05, 4.69) is 9.97 Å². The van der Waals surface area contributed by atoms with Crippen molar-refractivity contribution >= 4 is 27.6 Å². The molecule has 25 heavy (non-hydrogen) atoms. The van der Waals surface area contributed by atoms with Crippen LogP contribution in [0.2, 0.25) is 0 Å². The molecule has 2 aromatic heterocycles. The summed E-state index contributed by atoms with van der Waals surface area (Å²) in [6, 6.07) is 14.2. The second-order valence-electron chi connectivity index (χ2n) is 5.86. The number of aromatic nitrogens is 2. The van der Waals surface area contributed by atoms with Crippen molar-refractivity contribution in [2.24, 2.45) is 0 Å². The van der Waals surface area contributed by atoms with Gasteiger partial charge < -0.3 is 14.8 Å². The Labute approximate surface area is 143 Å². The number of rotatable bonds is 4. The normalized spacial score (nSPS) is 11.2. The van der Waals surface area contributed by atoms with Gasteiger partial charge in [0, 0.05) is 34.5 Å². The molecule has 0 aliphatic heterocycles. The smallest absolute Gasteiger partial charge is 0.211 e. The second kappa shape index (κ2) is 6.03. The van der Waals surface area contributed by atoms with Crippen LogP contribution in [0.4, 0.5) is 0 Å². The molecule has 0 atom stereocenters. The Hall–Kier alpha value is -3.18. The van der Waals surface area contributed by atoms with E-state index in [9.17, 15) is 9.90 Å². The number of fused-ring (bicyclic) bond motifs is 3. The van der Waals surface area contributed by atoms with Crippen LogP contribution in [0.1, 0.15) is 21.6 Å². The summed E-state index contributed by atoms with van der Waals surface area (Å²) in [6.07, 6.45) is 1.65. The van der Waals surface area contributed by atoms with Crippen molar-refractivity contribution in [1.29, 1.82) is 0 Å². The minimum Gasteiger partial charge on any atom is -0.508 e. The lowest BCUT2D eigenvalue weighted by molar-refractivity contribution is 0.102.